The summed E-state index contributed by atoms with van der Waals surface area (Å²) < 4.78 is 39.2. The van der Waals surface area contributed by atoms with Gasteiger partial charge in [0.2, 0.25) is 5.91 Å². The molecule has 1 aromatic rings. The van der Waals surface area contributed by atoms with Crippen molar-refractivity contribution < 1.29 is 27.6 Å². The number of hydrogen-bond donors (Lipinski definition) is 2. The molecule has 1 aliphatic carbocycles. The average Bonchev–Trinajstić information content (AvgIpc) is 3.30. The number of rotatable bonds is 4. The minimum Gasteiger partial charge on any atom is -0.334 e. The molecule has 2 aliphatic heterocycles. The van der Waals surface area contributed by atoms with Crippen LogP contribution < -0.4 is 10.6 Å². The van der Waals surface area contributed by atoms with Crippen LogP contribution in [0.1, 0.15) is 42.4 Å². The number of halogens is 4. The van der Waals surface area contributed by atoms with Gasteiger partial charge in [0.15, 0.2) is 0 Å². The Balaban J connectivity index is 1.45. The number of fused-ring (bicyclic) bond motifs is 1. The van der Waals surface area contributed by atoms with Crippen LogP contribution in [0.5, 0.6) is 0 Å². The van der Waals surface area contributed by atoms with Crippen molar-refractivity contribution in [3.63, 3.8) is 0 Å². The smallest absolute Gasteiger partial charge is 0.334 e. The summed E-state index contributed by atoms with van der Waals surface area (Å²) in [5, 5.41) is 4.91. The monoisotopic (exact) mass is 459 g/mol. The first-order chi connectivity index (χ1) is 13.1. The van der Waals surface area contributed by atoms with Gasteiger partial charge in [0.05, 0.1) is 5.56 Å². The molecule has 10 heteroatoms. The Kier molecular flexibility index (Phi) is 4.44. The van der Waals surface area contributed by atoms with E-state index in [1.165, 1.54) is 11.0 Å². The fourth-order valence-corrected chi connectivity index (χ4v) is 4.64. The number of urea groups is 1. The zero-order valence-corrected chi connectivity index (χ0v) is 16.2. The third-order valence-electron chi connectivity index (χ3n) is 5.65. The molecule has 2 heterocycles. The molecule has 28 heavy (non-hydrogen) atoms. The summed E-state index contributed by atoms with van der Waals surface area (Å²) >= 11 is 2.95. The van der Waals surface area contributed by atoms with Crippen LogP contribution in [0.3, 0.4) is 0 Å². The lowest BCUT2D eigenvalue weighted by molar-refractivity contribution is -0.138. The van der Waals surface area contributed by atoms with E-state index in [1.54, 1.807) is 0 Å². The zero-order valence-electron chi connectivity index (χ0n) is 14.7. The Morgan fingerprint density at radius 2 is 1.86 bits per heavy atom. The molecule has 1 saturated carbocycles. The maximum atomic E-state index is 13.1. The molecule has 1 saturated heterocycles. The number of carbonyl (C=O) groups is 3. The Morgan fingerprint density at radius 1 is 1.21 bits per heavy atom. The number of amides is 4. The largest absolute Gasteiger partial charge is 0.417 e. The minimum atomic E-state index is -4.48. The second-order valence-electron chi connectivity index (χ2n) is 7.50. The fraction of sp³-hybridized carbons (Fsp3) is 0.500. The maximum Gasteiger partial charge on any atom is 0.417 e. The number of imide groups is 1. The SMILES string of the molecule is O=C1NC(=O)[C@](CCC(=O)N2Cc3cc(Br)c(C(F)(F)F)cc3C2)(C2CC2)N1. The van der Waals surface area contributed by atoms with Crippen LogP contribution in [0.25, 0.3) is 0 Å². The predicted molar refractivity (Wildman–Crippen MR) is 94.8 cm³/mol. The van der Waals surface area contributed by atoms with Gasteiger partial charge in [-0.25, -0.2) is 4.79 Å². The lowest BCUT2D eigenvalue weighted by Gasteiger charge is -2.26. The van der Waals surface area contributed by atoms with Crippen molar-refractivity contribution in [3.8, 4) is 0 Å². The standard InChI is InChI=1S/C18H17BrF3N3O3/c19-13-6-10-8-25(7-9(10)5-12(13)18(20,21)22)14(26)3-4-17(11-1-2-11)15(27)23-16(28)24-17/h5-6,11H,1-4,7-8H2,(H2,23,24,27,28)/t17-/m0/s1. The van der Waals surface area contributed by atoms with Crippen LogP contribution in [0, 0.1) is 5.92 Å². The van der Waals surface area contributed by atoms with Gasteiger partial charge < -0.3 is 10.2 Å². The van der Waals surface area contributed by atoms with E-state index < -0.39 is 29.2 Å². The van der Waals surface area contributed by atoms with Gasteiger partial charge in [0.25, 0.3) is 5.91 Å². The van der Waals surface area contributed by atoms with Crippen molar-refractivity contribution in [3.05, 3.63) is 33.3 Å². The Morgan fingerprint density at radius 3 is 2.39 bits per heavy atom. The van der Waals surface area contributed by atoms with Crippen molar-refractivity contribution in [1.29, 1.82) is 0 Å². The number of carbonyl (C=O) groups excluding carboxylic acids is 3. The van der Waals surface area contributed by atoms with Gasteiger partial charge in [-0.1, -0.05) is 15.9 Å². The zero-order chi connectivity index (χ0) is 20.3. The topological polar surface area (TPSA) is 78.5 Å². The van der Waals surface area contributed by atoms with E-state index in [-0.39, 0.29) is 42.2 Å². The fourth-order valence-electron chi connectivity index (χ4n) is 4.03. The molecule has 4 amide bonds. The van der Waals surface area contributed by atoms with Crippen LogP contribution in [-0.2, 0) is 28.9 Å². The van der Waals surface area contributed by atoms with Crippen LogP contribution in [0.4, 0.5) is 18.0 Å². The van der Waals surface area contributed by atoms with E-state index >= 15 is 0 Å². The Hall–Kier alpha value is -2.10. The van der Waals surface area contributed by atoms with Gasteiger partial charge in [0.1, 0.15) is 5.54 Å². The van der Waals surface area contributed by atoms with Crippen molar-refractivity contribution in [2.75, 3.05) is 0 Å². The summed E-state index contributed by atoms with van der Waals surface area (Å²) in [6, 6.07) is 1.92. The summed E-state index contributed by atoms with van der Waals surface area (Å²) in [7, 11) is 0. The quantitative estimate of drug-likeness (QED) is 0.679. The molecule has 0 bridgehead atoms. The lowest BCUT2D eigenvalue weighted by atomic mass is 9.88. The van der Waals surface area contributed by atoms with E-state index in [2.05, 4.69) is 26.6 Å². The van der Waals surface area contributed by atoms with Gasteiger partial charge in [0, 0.05) is 24.0 Å². The summed E-state index contributed by atoms with van der Waals surface area (Å²) in [6.07, 6.45) is -2.64. The van der Waals surface area contributed by atoms with E-state index in [1.807, 2.05) is 0 Å². The molecular weight excluding hydrogens is 443 g/mol. The molecule has 1 atom stereocenters. The van der Waals surface area contributed by atoms with E-state index in [9.17, 15) is 27.6 Å². The second-order valence-corrected chi connectivity index (χ2v) is 8.36. The van der Waals surface area contributed by atoms with Gasteiger partial charge in [-0.2, -0.15) is 13.2 Å². The van der Waals surface area contributed by atoms with E-state index in [4.69, 9.17) is 0 Å². The minimum absolute atomic E-state index is 0.0211. The first kappa shape index (κ1) is 19.2. The number of alkyl halides is 3. The summed E-state index contributed by atoms with van der Waals surface area (Å²) in [4.78, 5) is 37.9. The third kappa shape index (κ3) is 3.27. The first-order valence-electron chi connectivity index (χ1n) is 8.90. The summed E-state index contributed by atoms with van der Waals surface area (Å²) in [5.41, 5.74) is -0.686. The molecule has 0 spiro atoms. The molecule has 4 rings (SSSR count). The van der Waals surface area contributed by atoms with Gasteiger partial charge in [-0.3, -0.25) is 14.9 Å². The van der Waals surface area contributed by atoms with Crippen molar-refractivity contribution in [2.24, 2.45) is 5.92 Å². The Labute approximate surface area is 167 Å². The third-order valence-corrected chi connectivity index (χ3v) is 6.30. The van der Waals surface area contributed by atoms with Crippen molar-refractivity contribution in [2.45, 2.75) is 50.5 Å². The van der Waals surface area contributed by atoms with E-state index in [0.717, 1.165) is 18.9 Å². The lowest BCUT2D eigenvalue weighted by Crippen LogP contribution is -2.49. The highest BCUT2D eigenvalue weighted by Gasteiger charge is 2.55. The van der Waals surface area contributed by atoms with Crippen LogP contribution in [0.2, 0.25) is 0 Å². The first-order valence-corrected chi connectivity index (χ1v) is 9.69. The van der Waals surface area contributed by atoms with Gasteiger partial charge >= 0.3 is 12.2 Å². The molecule has 0 aromatic heterocycles. The summed E-state index contributed by atoms with van der Waals surface area (Å²) in [5.74, 6) is -0.640. The molecule has 0 radical (unpaired) electrons. The molecule has 3 aliphatic rings. The highest BCUT2D eigenvalue weighted by Crippen LogP contribution is 2.44. The van der Waals surface area contributed by atoms with Crippen molar-refractivity contribution >= 4 is 33.8 Å². The summed E-state index contributed by atoms with van der Waals surface area (Å²) in [6.45, 7) is 0.319. The number of hydrogen-bond acceptors (Lipinski definition) is 3. The van der Waals surface area contributed by atoms with E-state index in [0.29, 0.717) is 11.1 Å². The number of nitrogens with zero attached hydrogens (tertiary/aromatic N) is 1. The molecule has 1 aromatic carbocycles. The number of benzene rings is 1. The van der Waals surface area contributed by atoms with Gasteiger partial charge in [-0.15, -0.1) is 0 Å². The Bertz CT molecular complexity index is 885. The van der Waals surface area contributed by atoms with Crippen LogP contribution in [0.15, 0.2) is 16.6 Å². The molecule has 2 fully saturated rings. The molecular formula is C18H17BrF3N3O3. The highest BCUT2D eigenvalue weighted by molar-refractivity contribution is 9.10. The van der Waals surface area contributed by atoms with Crippen LogP contribution in [-0.4, -0.2) is 28.3 Å². The predicted octanol–water partition coefficient (Wildman–Crippen LogP) is 3.08. The van der Waals surface area contributed by atoms with Crippen LogP contribution >= 0.6 is 15.9 Å². The molecule has 0 unspecified atom stereocenters. The highest BCUT2D eigenvalue weighted by atomic mass is 79.9. The van der Waals surface area contributed by atoms with Gasteiger partial charge in [-0.05, 0) is 48.4 Å². The second kappa shape index (κ2) is 6.47. The van der Waals surface area contributed by atoms with Crippen molar-refractivity contribution in [1.82, 2.24) is 15.5 Å². The normalized spacial score (nSPS) is 24.2. The molecule has 150 valence electrons. The average molecular weight is 460 g/mol. The molecule has 2 N–H and O–H groups in total. The number of nitrogens with one attached hydrogen (secondary N) is 2. The maximum absolute atomic E-state index is 13.1. The molecule has 6 nitrogen and oxygen atoms in total.